The molecule has 1 aromatic heterocycles. The van der Waals surface area contributed by atoms with Crippen LogP contribution in [0.5, 0.6) is 11.5 Å². The standard InChI is InChI=1S/C23H27N3O6S3/c1-15-22(33-23(24-15)26-34(28,29)19-6-4-3-5-7-19)16-8-13-20(32-2)21(14-16)35(30,31)25-17-9-11-18(27)12-10-17/h8-14,19,25,27H,3-7H2,1-2H3,(H,24,26). The van der Waals surface area contributed by atoms with Gasteiger partial charge in [0, 0.05) is 5.69 Å². The molecule has 9 nitrogen and oxygen atoms in total. The monoisotopic (exact) mass is 537 g/mol. The Morgan fingerprint density at radius 1 is 1.00 bits per heavy atom. The van der Waals surface area contributed by atoms with Crippen molar-refractivity contribution in [3.63, 3.8) is 0 Å². The average Bonchev–Trinajstić information content (AvgIpc) is 3.19. The van der Waals surface area contributed by atoms with Gasteiger partial charge in [0.25, 0.3) is 10.0 Å². The summed E-state index contributed by atoms with van der Waals surface area (Å²) in [5, 5.41) is 9.28. The van der Waals surface area contributed by atoms with E-state index in [1.807, 2.05) is 0 Å². The first-order chi connectivity index (χ1) is 16.6. The molecule has 0 bridgehead atoms. The molecule has 0 amide bonds. The Morgan fingerprint density at radius 2 is 1.69 bits per heavy atom. The molecule has 1 aliphatic rings. The fourth-order valence-corrected chi connectivity index (χ4v) is 8.05. The van der Waals surface area contributed by atoms with E-state index in [1.54, 1.807) is 19.1 Å². The smallest absolute Gasteiger partial charge is 0.265 e. The maximum atomic E-state index is 13.1. The number of hydrogen-bond acceptors (Lipinski definition) is 8. The number of nitrogens with one attached hydrogen (secondary N) is 2. The maximum absolute atomic E-state index is 13.1. The van der Waals surface area contributed by atoms with E-state index < -0.39 is 25.3 Å². The molecule has 0 unspecified atom stereocenters. The number of methoxy groups -OCH3 is 1. The highest BCUT2D eigenvalue weighted by Crippen LogP contribution is 2.38. The minimum atomic E-state index is -4.03. The van der Waals surface area contributed by atoms with Crippen LogP contribution in [0.4, 0.5) is 10.8 Å². The van der Waals surface area contributed by atoms with E-state index in [9.17, 15) is 21.9 Å². The first-order valence-corrected chi connectivity index (χ1v) is 14.9. The molecular formula is C23H27N3O6S3. The molecule has 1 saturated carbocycles. The van der Waals surface area contributed by atoms with Gasteiger partial charge >= 0.3 is 0 Å². The van der Waals surface area contributed by atoms with Crippen LogP contribution in [0.25, 0.3) is 10.4 Å². The lowest BCUT2D eigenvalue weighted by Gasteiger charge is -2.21. The summed E-state index contributed by atoms with van der Waals surface area (Å²) >= 11 is 1.16. The molecule has 1 fully saturated rings. The minimum absolute atomic E-state index is 0.0168. The number of thiazole rings is 1. The SMILES string of the molecule is COc1ccc(-c2sc(NS(=O)(=O)C3CCCCC3)nc2C)cc1S(=O)(=O)Nc1ccc(O)cc1. The number of phenols is 1. The second-order valence-electron chi connectivity index (χ2n) is 8.36. The van der Waals surface area contributed by atoms with E-state index in [2.05, 4.69) is 14.4 Å². The maximum Gasteiger partial charge on any atom is 0.265 e. The van der Waals surface area contributed by atoms with Gasteiger partial charge in [-0.2, -0.15) is 0 Å². The Kier molecular flexibility index (Phi) is 7.25. The summed E-state index contributed by atoms with van der Waals surface area (Å²) in [6.45, 7) is 1.75. The predicted octanol–water partition coefficient (Wildman–Crippen LogP) is 4.71. The average molecular weight is 538 g/mol. The van der Waals surface area contributed by atoms with Gasteiger partial charge in [0.05, 0.1) is 22.9 Å². The normalized spacial score (nSPS) is 15.0. The Morgan fingerprint density at radius 3 is 2.34 bits per heavy atom. The molecule has 0 radical (unpaired) electrons. The molecule has 2 aromatic carbocycles. The fraction of sp³-hybridized carbons (Fsp3) is 0.348. The third-order valence-corrected chi connectivity index (χ3v) is 10.3. The topological polar surface area (TPSA) is 135 Å². The Hall–Kier alpha value is -2.83. The van der Waals surface area contributed by atoms with Crippen LogP contribution in [0.2, 0.25) is 0 Å². The number of nitrogens with zero attached hydrogens (tertiary/aromatic N) is 1. The third-order valence-electron chi connectivity index (χ3n) is 5.85. The van der Waals surface area contributed by atoms with E-state index in [1.165, 1.54) is 37.4 Å². The summed E-state index contributed by atoms with van der Waals surface area (Å²) in [6, 6.07) is 10.4. The first kappa shape index (κ1) is 25.3. The van der Waals surface area contributed by atoms with Gasteiger partial charge in [0.2, 0.25) is 10.0 Å². The Bertz CT molecular complexity index is 1410. The Balaban J connectivity index is 1.64. The quantitative estimate of drug-likeness (QED) is 0.354. The van der Waals surface area contributed by atoms with Crippen molar-refractivity contribution in [1.29, 1.82) is 0 Å². The number of aryl methyl sites for hydroxylation is 1. The molecule has 3 aromatic rings. The minimum Gasteiger partial charge on any atom is -0.508 e. The van der Waals surface area contributed by atoms with Crippen molar-refractivity contribution in [2.24, 2.45) is 0 Å². The van der Waals surface area contributed by atoms with Gasteiger partial charge in [0.15, 0.2) is 5.13 Å². The zero-order valence-electron chi connectivity index (χ0n) is 19.3. The number of rotatable bonds is 8. The summed E-state index contributed by atoms with van der Waals surface area (Å²) in [6.07, 6.45) is 4.13. The van der Waals surface area contributed by atoms with Crippen molar-refractivity contribution in [3.8, 4) is 21.9 Å². The molecular weight excluding hydrogens is 510 g/mol. The summed E-state index contributed by atoms with van der Waals surface area (Å²) in [4.78, 5) is 4.95. The van der Waals surface area contributed by atoms with Gasteiger partial charge in [-0.1, -0.05) is 30.6 Å². The number of ether oxygens (including phenoxy) is 1. The highest BCUT2D eigenvalue weighted by molar-refractivity contribution is 7.93. The van der Waals surface area contributed by atoms with Crippen LogP contribution in [0.15, 0.2) is 47.4 Å². The molecule has 1 aliphatic carbocycles. The molecule has 4 rings (SSSR count). The summed E-state index contributed by atoms with van der Waals surface area (Å²) in [5.41, 5.74) is 1.43. The van der Waals surface area contributed by atoms with Crippen LogP contribution in [0, 0.1) is 6.92 Å². The van der Waals surface area contributed by atoms with Crippen molar-refractivity contribution < 1.29 is 26.7 Å². The largest absolute Gasteiger partial charge is 0.508 e. The Labute approximate surface area is 209 Å². The summed E-state index contributed by atoms with van der Waals surface area (Å²) in [7, 11) is -6.20. The van der Waals surface area contributed by atoms with Crippen molar-refractivity contribution in [2.75, 3.05) is 16.6 Å². The molecule has 0 aliphatic heterocycles. The number of benzene rings is 2. The number of sulfonamides is 2. The number of phenolic OH excluding ortho intramolecular Hbond substituents is 1. The second kappa shape index (κ2) is 10.0. The van der Waals surface area contributed by atoms with Crippen LogP contribution in [-0.2, 0) is 20.0 Å². The van der Waals surface area contributed by atoms with Crippen molar-refractivity contribution in [2.45, 2.75) is 49.2 Å². The molecule has 35 heavy (non-hydrogen) atoms. The van der Waals surface area contributed by atoms with Gasteiger partial charge in [-0.25, -0.2) is 21.8 Å². The fourth-order valence-electron chi connectivity index (χ4n) is 4.06. The molecule has 0 spiro atoms. The number of hydrogen-bond donors (Lipinski definition) is 3. The third kappa shape index (κ3) is 5.71. The van der Waals surface area contributed by atoms with E-state index in [-0.39, 0.29) is 27.2 Å². The summed E-state index contributed by atoms with van der Waals surface area (Å²) in [5.74, 6) is 0.170. The van der Waals surface area contributed by atoms with E-state index >= 15 is 0 Å². The number of aromatic nitrogens is 1. The van der Waals surface area contributed by atoms with Crippen LogP contribution < -0.4 is 14.2 Å². The molecule has 1 heterocycles. The lowest BCUT2D eigenvalue weighted by atomic mass is 10.0. The van der Waals surface area contributed by atoms with Gasteiger partial charge in [-0.05, 0) is 67.8 Å². The summed E-state index contributed by atoms with van der Waals surface area (Å²) < 4.78 is 62.3. The second-order valence-corrected chi connectivity index (χ2v) is 13.0. The highest BCUT2D eigenvalue weighted by atomic mass is 32.2. The number of aromatic hydroxyl groups is 1. The lowest BCUT2D eigenvalue weighted by Crippen LogP contribution is -2.29. The van der Waals surface area contributed by atoms with Gasteiger partial charge in [0.1, 0.15) is 16.4 Å². The molecule has 12 heteroatoms. The van der Waals surface area contributed by atoms with Crippen molar-refractivity contribution >= 4 is 42.2 Å². The highest BCUT2D eigenvalue weighted by Gasteiger charge is 2.29. The molecule has 0 atom stereocenters. The van der Waals surface area contributed by atoms with E-state index in [0.717, 1.165) is 30.6 Å². The number of anilines is 2. The van der Waals surface area contributed by atoms with Crippen LogP contribution in [-0.4, -0.2) is 39.3 Å². The van der Waals surface area contributed by atoms with Gasteiger partial charge in [-0.15, -0.1) is 0 Å². The van der Waals surface area contributed by atoms with Gasteiger partial charge < -0.3 is 9.84 Å². The van der Waals surface area contributed by atoms with E-state index in [0.29, 0.717) is 29.0 Å². The predicted molar refractivity (Wildman–Crippen MR) is 137 cm³/mol. The van der Waals surface area contributed by atoms with Crippen LogP contribution in [0.1, 0.15) is 37.8 Å². The lowest BCUT2D eigenvalue weighted by molar-refractivity contribution is 0.403. The molecule has 188 valence electrons. The molecule has 0 saturated heterocycles. The van der Waals surface area contributed by atoms with Crippen molar-refractivity contribution in [3.05, 3.63) is 48.2 Å². The zero-order chi connectivity index (χ0) is 25.2. The first-order valence-electron chi connectivity index (χ1n) is 11.1. The van der Waals surface area contributed by atoms with E-state index in [4.69, 9.17) is 4.74 Å². The van der Waals surface area contributed by atoms with Crippen molar-refractivity contribution in [1.82, 2.24) is 4.98 Å². The van der Waals surface area contributed by atoms with Crippen LogP contribution >= 0.6 is 11.3 Å². The zero-order valence-corrected chi connectivity index (χ0v) is 21.8. The molecule has 3 N–H and O–H groups in total. The van der Waals surface area contributed by atoms with Crippen LogP contribution in [0.3, 0.4) is 0 Å². The van der Waals surface area contributed by atoms with Gasteiger partial charge in [-0.3, -0.25) is 9.44 Å².